The van der Waals surface area contributed by atoms with Crippen LogP contribution in [0.15, 0.2) is 30.3 Å². The summed E-state index contributed by atoms with van der Waals surface area (Å²) in [7, 11) is 0. The zero-order valence-electron chi connectivity index (χ0n) is 6.00. The van der Waals surface area contributed by atoms with Crippen LogP contribution in [0.25, 0.3) is 0 Å². The average molecular weight is 172 g/mol. The molecule has 0 saturated carbocycles. The van der Waals surface area contributed by atoms with Gasteiger partial charge in [0.05, 0.1) is 6.61 Å². The lowest BCUT2D eigenvalue weighted by Crippen LogP contribution is -2.33. The fraction of sp³-hybridized carbons (Fsp3) is 0.250. The third kappa shape index (κ3) is 1.93. The molecule has 1 unspecified atom stereocenters. The van der Waals surface area contributed by atoms with Crippen molar-refractivity contribution in [1.29, 1.82) is 0 Å². The van der Waals surface area contributed by atoms with Crippen molar-refractivity contribution in [1.82, 2.24) is 0 Å². The molecule has 0 saturated heterocycles. The molecular weight excluding hydrogens is 162 g/mol. The average Bonchev–Trinajstić information content (AvgIpc) is 2.06. The Morgan fingerprint density at radius 1 is 1.36 bits per heavy atom. The molecule has 2 nitrogen and oxygen atoms in total. The molecule has 1 rings (SSSR count). The Morgan fingerprint density at radius 2 is 1.91 bits per heavy atom. The van der Waals surface area contributed by atoms with E-state index >= 15 is 0 Å². The first-order chi connectivity index (χ1) is 5.17. The van der Waals surface area contributed by atoms with E-state index in [1.54, 1.807) is 12.1 Å². The molecule has 3 N–H and O–H groups in total. The van der Waals surface area contributed by atoms with Gasteiger partial charge in [-0.1, -0.05) is 41.9 Å². The molecular formula is C8H10ClNO. The Morgan fingerprint density at radius 3 is 2.36 bits per heavy atom. The monoisotopic (exact) mass is 171 g/mol. The van der Waals surface area contributed by atoms with Crippen molar-refractivity contribution in [2.75, 3.05) is 6.61 Å². The van der Waals surface area contributed by atoms with Gasteiger partial charge in [0.1, 0.15) is 5.00 Å². The van der Waals surface area contributed by atoms with E-state index in [0.717, 1.165) is 5.56 Å². The van der Waals surface area contributed by atoms with Gasteiger partial charge in [0.25, 0.3) is 0 Å². The van der Waals surface area contributed by atoms with Gasteiger partial charge in [0.2, 0.25) is 0 Å². The molecule has 1 aromatic carbocycles. The van der Waals surface area contributed by atoms with E-state index in [1.165, 1.54) is 0 Å². The maximum absolute atomic E-state index is 8.79. The molecule has 0 radical (unpaired) electrons. The number of nitrogens with two attached hydrogens (primary N) is 1. The molecule has 11 heavy (non-hydrogen) atoms. The van der Waals surface area contributed by atoms with Gasteiger partial charge in [-0.15, -0.1) is 0 Å². The van der Waals surface area contributed by atoms with Crippen LogP contribution in [0, 0.1) is 0 Å². The smallest absolute Gasteiger partial charge is 0.140 e. The fourth-order valence-electron chi connectivity index (χ4n) is 0.807. The van der Waals surface area contributed by atoms with Gasteiger partial charge in [-0.25, -0.2) is 0 Å². The number of rotatable bonds is 2. The molecule has 0 heterocycles. The Bertz CT molecular complexity index is 223. The van der Waals surface area contributed by atoms with Crippen LogP contribution >= 0.6 is 11.6 Å². The molecule has 0 bridgehead atoms. The first kappa shape index (κ1) is 8.53. The predicted octanol–water partition coefficient (Wildman–Crippen LogP) is 1.03. The molecule has 0 spiro atoms. The first-order valence-electron chi connectivity index (χ1n) is 3.31. The van der Waals surface area contributed by atoms with Gasteiger partial charge >= 0.3 is 0 Å². The number of benzene rings is 1. The van der Waals surface area contributed by atoms with Crippen molar-refractivity contribution in [2.45, 2.75) is 5.00 Å². The van der Waals surface area contributed by atoms with Crippen LogP contribution in [-0.4, -0.2) is 11.7 Å². The highest BCUT2D eigenvalue weighted by Crippen LogP contribution is 2.21. The van der Waals surface area contributed by atoms with Crippen LogP contribution in [0.5, 0.6) is 0 Å². The maximum atomic E-state index is 8.79. The van der Waals surface area contributed by atoms with Gasteiger partial charge in [-0.05, 0) is 5.56 Å². The second-order valence-electron chi connectivity index (χ2n) is 2.39. The summed E-state index contributed by atoms with van der Waals surface area (Å²) in [5.74, 6) is 0. The van der Waals surface area contributed by atoms with E-state index < -0.39 is 5.00 Å². The SMILES string of the molecule is NC(Cl)(CO)c1ccccc1. The van der Waals surface area contributed by atoms with Crippen molar-refractivity contribution in [2.24, 2.45) is 5.73 Å². The summed E-state index contributed by atoms with van der Waals surface area (Å²) in [4.78, 5) is -1.14. The second-order valence-corrected chi connectivity index (χ2v) is 3.06. The fourth-order valence-corrected chi connectivity index (χ4v) is 0.932. The normalized spacial score (nSPS) is 15.9. The maximum Gasteiger partial charge on any atom is 0.140 e. The quantitative estimate of drug-likeness (QED) is 0.516. The van der Waals surface area contributed by atoms with Crippen molar-refractivity contribution < 1.29 is 5.11 Å². The molecule has 1 atom stereocenters. The summed E-state index contributed by atoms with van der Waals surface area (Å²) in [6.45, 7) is -0.265. The number of hydrogen-bond acceptors (Lipinski definition) is 2. The molecule has 0 aromatic heterocycles. The third-order valence-electron chi connectivity index (χ3n) is 1.48. The van der Waals surface area contributed by atoms with E-state index in [9.17, 15) is 0 Å². The van der Waals surface area contributed by atoms with Crippen molar-refractivity contribution in [3.05, 3.63) is 35.9 Å². The standard InChI is InChI=1S/C8H10ClNO/c9-8(10,6-11)7-4-2-1-3-5-7/h1-5,11H,6,10H2. The molecule has 1 aromatic rings. The van der Waals surface area contributed by atoms with Gasteiger partial charge in [0, 0.05) is 0 Å². The van der Waals surface area contributed by atoms with Crippen molar-refractivity contribution >= 4 is 11.6 Å². The summed E-state index contributed by atoms with van der Waals surface area (Å²) in [5, 5.41) is 8.79. The topological polar surface area (TPSA) is 46.2 Å². The summed E-state index contributed by atoms with van der Waals surface area (Å²) in [6, 6.07) is 9.09. The van der Waals surface area contributed by atoms with E-state index in [4.69, 9.17) is 22.4 Å². The van der Waals surface area contributed by atoms with Gasteiger partial charge < -0.3 is 10.8 Å². The number of hydrogen-bond donors (Lipinski definition) is 2. The molecule has 3 heteroatoms. The van der Waals surface area contributed by atoms with E-state index in [-0.39, 0.29) is 6.61 Å². The van der Waals surface area contributed by atoms with Crippen LogP contribution in [0.1, 0.15) is 5.56 Å². The molecule has 0 aliphatic rings. The highest BCUT2D eigenvalue weighted by molar-refractivity contribution is 6.23. The van der Waals surface area contributed by atoms with Crippen molar-refractivity contribution in [3.8, 4) is 0 Å². The highest BCUT2D eigenvalue weighted by Gasteiger charge is 2.21. The Kier molecular flexibility index (Phi) is 2.49. The first-order valence-corrected chi connectivity index (χ1v) is 3.69. The summed E-state index contributed by atoms with van der Waals surface area (Å²) < 4.78 is 0. The Hall–Kier alpha value is -0.570. The highest BCUT2D eigenvalue weighted by atomic mass is 35.5. The summed E-state index contributed by atoms with van der Waals surface area (Å²) in [6.07, 6.45) is 0. The molecule has 0 aliphatic heterocycles. The minimum Gasteiger partial charge on any atom is -0.393 e. The van der Waals surface area contributed by atoms with Crippen LogP contribution < -0.4 is 5.73 Å². The Balaban J connectivity index is 2.93. The second kappa shape index (κ2) is 3.22. The number of halogens is 1. The molecule has 0 amide bonds. The van der Waals surface area contributed by atoms with E-state index in [2.05, 4.69) is 0 Å². The summed E-state index contributed by atoms with van der Waals surface area (Å²) >= 11 is 5.77. The van der Waals surface area contributed by atoms with Gasteiger partial charge in [0.15, 0.2) is 0 Å². The van der Waals surface area contributed by atoms with Crippen LogP contribution in [0.3, 0.4) is 0 Å². The zero-order valence-corrected chi connectivity index (χ0v) is 6.75. The van der Waals surface area contributed by atoms with Gasteiger partial charge in [-0.2, -0.15) is 0 Å². The number of aliphatic hydroxyl groups is 1. The van der Waals surface area contributed by atoms with Gasteiger partial charge in [-0.3, -0.25) is 0 Å². The minimum atomic E-state index is -1.14. The minimum absolute atomic E-state index is 0.265. The zero-order chi connectivity index (χ0) is 8.32. The Labute approximate surface area is 70.6 Å². The van der Waals surface area contributed by atoms with E-state index in [1.807, 2.05) is 18.2 Å². The lowest BCUT2D eigenvalue weighted by atomic mass is 10.1. The van der Waals surface area contributed by atoms with Crippen LogP contribution in [0.2, 0.25) is 0 Å². The number of alkyl halides is 1. The lowest BCUT2D eigenvalue weighted by Gasteiger charge is -2.18. The predicted molar refractivity (Wildman–Crippen MR) is 45.2 cm³/mol. The van der Waals surface area contributed by atoms with Crippen molar-refractivity contribution in [3.63, 3.8) is 0 Å². The third-order valence-corrected chi connectivity index (χ3v) is 1.82. The van der Waals surface area contributed by atoms with Crippen LogP contribution in [0.4, 0.5) is 0 Å². The molecule has 0 fully saturated rings. The molecule has 60 valence electrons. The molecule has 0 aliphatic carbocycles. The largest absolute Gasteiger partial charge is 0.393 e. The number of aliphatic hydroxyl groups excluding tert-OH is 1. The van der Waals surface area contributed by atoms with E-state index in [0.29, 0.717) is 0 Å². The lowest BCUT2D eigenvalue weighted by molar-refractivity contribution is 0.248. The van der Waals surface area contributed by atoms with Crippen LogP contribution in [-0.2, 0) is 5.00 Å². The summed E-state index contributed by atoms with van der Waals surface area (Å²) in [5.41, 5.74) is 6.28.